The van der Waals surface area contributed by atoms with Crippen LogP contribution in [0.4, 0.5) is 23.5 Å². The van der Waals surface area contributed by atoms with Crippen molar-refractivity contribution < 1.29 is 30.7 Å². The zero-order valence-electron chi connectivity index (χ0n) is 20.9. The number of nitrogens with zero attached hydrogens (tertiary/aromatic N) is 3. The molecule has 212 valence electrons. The van der Waals surface area contributed by atoms with Crippen LogP contribution in [0.25, 0.3) is 11.3 Å². The van der Waals surface area contributed by atoms with Crippen LogP contribution in [-0.2, 0) is 15.8 Å². The van der Waals surface area contributed by atoms with E-state index in [1.165, 1.54) is 32.3 Å². The second kappa shape index (κ2) is 12.0. The summed E-state index contributed by atoms with van der Waals surface area (Å²) in [4.78, 5) is 12.7. The van der Waals surface area contributed by atoms with Crippen molar-refractivity contribution in [3.63, 3.8) is 0 Å². The molecule has 2 unspecified atom stereocenters. The zero-order valence-corrected chi connectivity index (χ0v) is 22.6. The number of nitrogens with two attached hydrogens (primary N) is 1. The van der Waals surface area contributed by atoms with Gasteiger partial charge in [-0.25, -0.2) is 41.7 Å². The highest BCUT2D eigenvalue weighted by molar-refractivity contribution is 7.88. The van der Waals surface area contributed by atoms with E-state index in [-0.39, 0.29) is 41.8 Å². The van der Waals surface area contributed by atoms with E-state index in [0.717, 1.165) is 0 Å². The number of rotatable bonds is 8. The van der Waals surface area contributed by atoms with Crippen molar-refractivity contribution in [2.45, 2.75) is 37.7 Å². The molecule has 3 aromatic rings. The van der Waals surface area contributed by atoms with Gasteiger partial charge in [-0.3, -0.25) is 0 Å². The van der Waals surface area contributed by atoms with Gasteiger partial charge in [-0.05, 0) is 38.5 Å². The predicted molar refractivity (Wildman–Crippen MR) is 139 cm³/mol. The van der Waals surface area contributed by atoms with Gasteiger partial charge in [0.25, 0.3) is 0 Å². The van der Waals surface area contributed by atoms with Crippen LogP contribution in [0.15, 0.2) is 36.7 Å². The van der Waals surface area contributed by atoms with Gasteiger partial charge < -0.3 is 15.4 Å². The molecule has 3 heterocycles. The van der Waals surface area contributed by atoms with Crippen LogP contribution in [0, 0.1) is 23.4 Å². The molecule has 0 spiro atoms. The van der Waals surface area contributed by atoms with E-state index in [4.69, 9.17) is 9.88 Å². The topological polar surface area (TPSA) is 132 Å². The van der Waals surface area contributed by atoms with Gasteiger partial charge in [-0.1, -0.05) is 0 Å². The maximum absolute atomic E-state index is 14.7. The highest BCUT2D eigenvalue weighted by Crippen LogP contribution is 2.34. The molecule has 0 aliphatic carbocycles. The molecule has 0 bridgehead atoms. The van der Waals surface area contributed by atoms with Crippen molar-refractivity contribution in [1.82, 2.24) is 20.3 Å². The minimum Gasteiger partial charge on any atom is -0.435 e. The number of nitrogens with one attached hydrogen (secondary N) is 2. The van der Waals surface area contributed by atoms with Crippen LogP contribution in [0.3, 0.4) is 0 Å². The number of sulfonamides is 1. The van der Waals surface area contributed by atoms with Crippen molar-refractivity contribution in [2.75, 3.05) is 18.4 Å². The van der Waals surface area contributed by atoms with Crippen LogP contribution < -0.4 is 20.5 Å². The summed E-state index contributed by atoms with van der Waals surface area (Å²) in [6, 6.07) is 5.03. The SMILES string of the molecule is CC(C)(F)C1CNCC(Nc2nccc(-c3cccnc3Oc3cc(F)c(CS(N)(=O)=O)c(F)c3F)n2)C1.Cl. The van der Waals surface area contributed by atoms with Crippen molar-refractivity contribution in [2.24, 2.45) is 11.1 Å². The first-order chi connectivity index (χ1) is 17.8. The Balaban J connectivity index is 0.00000420. The minimum atomic E-state index is -4.32. The Morgan fingerprint density at radius 2 is 1.90 bits per heavy atom. The van der Waals surface area contributed by atoms with Gasteiger partial charge in [-0.2, -0.15) is 4.39 Å². The first-order valence-electron chi connectivity index (χ1n) is 11.6. The molecule has 4 rings (SSSR count). The molecule has 1 aliphatic heterocycles. The van der Waals surface area contributed by atoms with E-state index in [1.54, 1.807) is 12.1 Å². The summed E-state index contributed by atoms with van der Waals surface area (Å²) in [5, 5.41) is 11.2. The Kier molecular flexibility index (Phi) is 9.36. The van der Waals surface area contributed by atoms with E-state index >= 15 is 0 Å². The average molecular weight is 591 g/mol. The molecule has 4 N–H and O–H groups in total. The molecule has 1 aromatic carbocycles. The number of halogens is 5. The van der Waals surface area contributed by atoms with Gasteiger partial charge in [0.1, 0.15) is 11.5 Å². The number of alkyl halides is 1. The number of hydrogen-bond donors (Lipinski definition) is 3. The number of hydrogen-bond acceptors (Lipinski definition) is 8. The fourth-order valence-corrected chi connectivity index (χ4v) is 4.79. The molecule has 2 aromatic heterocycles. The van der Waals surface area contributed by atoms with Crippen LogP contribution in [-0.4, -0.2) is 48.2 Å². The third kappa shape index (κ3) is 7.53. The Hall–Kier alpha value is -3.07. The number of benzene rings is 1. The van der Waals surface area contributed by atoms with Crippen molar-refractivity contribution in [1.29, 1.82) is 0 Å². The lowest BCUT2D eigenvalue weighted by molar-refractivity contribution is 0.0993. The van der Waals surface area contributed by atoms with E-state index in [0.29, 0.717) is 31.3 Å². The number of pyridine rings is 1. The van der Waals surface area contributed by atoms with E-state index in [1.807, 2.05) is 0 Å². The number of primary sulfonamides is 1. The lowest BCUT2D eigenvalue weighted by atomic mass is 9.84. The van der Waals surface area contributed by atoms with Gasteiger partial charge in [0.2, 0.25) is 27.7 Å². The van der Waals surface area contributed by atoms with E-state index < -0.39 is 50.2 Å². The first-order valence-corrected chi connectivity index (χ1v) is 13.3. The number of anilines is 1. The normalized spacial score (nSPS) is 17.8. The quantitative estimate of drug-likeness (QED) is 0.264. The molecule has 2 atom stereocenters. The zero-order chi connectivity index (χ0) is 27.7. The van der Waals surface area contributed by atoms with Crippen molar-refractivity contribution in [3.8, 4) is 22.9 Å². The highest BCUT2D eigenvalue weighted by Gasteiger charge is 2.34. The summed E-state index contributed by atoms with van der Waals surface area (Å²) in [6.45, 7) is 4.22. The second-order valence-corrected chi connectivity index (χ2v) is 11.1. The van der Waals surface area contributed by atoms with E-state index in [9.17, 15) is 26.0 Å². The van der Waals surface area contributed by atoms with E-state index in [2.05, 4.69) is 25.6 Å². The molecule has 1 fully saturated rings. The molecule has 0 saturated carbocycles. The lowest BCUT2D eigenvalue weighted by Gasteiger charge is -2.35. The Morgan fingerprint density at radius 1 is 1.15 bits per heavy atom. The van der Waals surface area contributed by atoms with Gasteiger partial charge in [0.15, 0.2) is 11.6 Å². The average Bonchev–Trinajstić information content (AvgIpc) is 2.85. The van der Waals surface area contributed by atoms with Gasteiger partial charge in [-0.15, -0.1) is 12.4 Å². The Morgan fingerprint density at radius 3 is 2.59 bits per heavy atom. The number of ether oxygens (including phenoxy) is 1. The van der Waals surface area contributed by atoms with Crippen molar-refractivity contribution >= 4 is 28.4 Å². The summed E-state index contributed by atoms with van der Waals surface area (Å²) in [5.41, 5.74) is -1.83. The molecular formula is C24H27ClF4N6O3S. The molecule has 39 heavy (non-hydrogen) atoms. The second-order valence-electron chi connectivity index (χ2n) is 9.49. The molecule has 0 amide bonds. The minimum absolute atomic E-state index is 0. The summed E-state index contributed by atoms with van der Waals surface area (Å²) >= 11 is 0. The highest BCUT2D eigenvalue weighted by atomic mass is 35.5. The molecular weight excluding hydrogens is 564 g/mol. The smallest absolute Gasteiger partial charge is 0.228 e. The van der Waals surface area contributed by atoms with Crippen LogP contribution in [0.2, 0.25) is 0 Å². The maximum Gasteiger partial charge on any atom is 0.228 e. The third-order valence-electron chi connectivity index (χ3n) is 6.13. The number of piperidine rings is 1. The fraction of sp³-hybridized carbons (Fsp3) is 0.375. The molecule has 9 nitrogen and oxygen atoms in total. The summed E-state index contributed by atoms with van der Waals surface area (Å²) in [5.74, 6) is -6.95. The summed E-state index contributed by atoms with van der Waals surface area (Å²) < 4.78 is 85.9. The van der Waals surface area contributed by atoms with Crippen LogP contribution in [0.1, 0.15) is 25.8 Å². The van der Waals surface area contributed by atoms with Gasteiger partial charge in [0, 0.05) is 49.1 Å². The summed E-state index contributed by atoms with van der Waals surface area (Å²) in [6.07, 6.45) is 3.35. The Labute approximate surface area is 229 Å². The lowest BCUT2D eigenvalue weighted by Crippen LogP contribution is -2.48. The summed E-state index contributed by atoms with van der Waals surface area (Å²) in [7, 11) is -4.32. The fourth-order valence-electron chi connectivity index (χ4n) is 4.13. The molecule has 0 radical (unpaired) electrons. The first kappa shape index (κ1) is 30.5. The standard InChI is InChI=1S/C24H26F4N6O3S.ClH/c1-24(2,28)13-8-14(11-30-10-13)33-23-32-7-5-18(34-23)15-4-3-6-31-22(15)37-19-9-17(25)16(12-38(29,35)36)20(26)21(19)27;/h3-7,9,13-14,30H,8,10-12H2,1-2H3,(H2,29,35,36)(H,32,33,34);1H. The van der Waals surface area contributed by atoms with Crippen LogP contribution >= 0.6 is 12.4 Å². The van der Waals surface area contributed by atoms with Gasteiger partial charge >= 0.3 is 0 Å². The largest absolute Gasteiger partial charge is 0.435 e. The Bertz CT molecular complexity index is 1440. The predicted octanol–water partition coefficient (Wildman–Crippen LogP) is 4.10. The van der Waals surface area contributed by atoms with Gasteiger partial charge in [0.05, 0.1) is 17.0 Å². The monoisotopic (exact) mass is 590 g/mol. The van der Waals surface area contributed by atoms with Crippen LogP contribution in [0.5, 0.6) is 11.6 Å². The third-order valence-corrected chi connectivity index (χ3v) is 6.82. The molecule has 1 saturated heterocycles. The number of aromatic nitrogens is 3. The molecule has 15 heteroatoms. The molecule has 1 aliphatic rings. The van der Waals surface area contributed by atoms with Crippen molar-refractivity contribution in [3.05, 3.63) is 59.7 Å². The maximum atomic E-state index is 14.7.